The number of nitrogens with zero attached hydrogens (tertiary/aromatic N) is 4. The second-order valence-electron chi connectivity index (χ2n) is 5.95. The van der Waals surface area contributed by atoms with Crippen LogP contribution in [0.4, 0.5) is 5.69 Å². The van der Waals surface area contributed by atoms with Gasteiger partial charge in [-0.2, -0.15) is 5.10 Å². The molecule has 0 aliphatic rings. The molecule has 1 N–H and O–H groups in total. The number of fused-ring (bicyclic) bond motifs is 1. The highest BCUT2D eigenvalue weighted by Crippen LogP contribution is 2.21. The molecule has 6 nitrogen and oxygen atoms in total. The Balaban J connectivity index is 1.76. The molecule has 0 saturated heterocycles. The molecule has 0 aliphatic heterocycles. The largest absolute Gasteiger partial charge is 0.328 e. The van der Waals surface area contributed by atoms with Crippen molar-refractivity contribution in [2.24, 2.45) is 5.92 Å². The number of amides is 1. The zero-order valence-corrected chi connectivity index (χ0v) is 14.4. The SMILES string of the molecule is CCc1nc2cc(NC(=O)C(C)Cn3cccn3)ccc2n1CC. The topological polar surface area (TPSA) is 64.7 Å². The predicted octanol–water partition coefficient (Wildman–Crippen LogP) is 3.09. The van der Waals surface area contributed by atoms with Crippen molar-refractivity contribution in [3.8, 4) is 0 Å². The zero-order valence-electron chi connectivity index (χ0n) is 14.4. The van der Waals surface area contributed by atoms with Gasteiger partial charge in [0.15, 0.2) is 0 Å². The second kappa shape index (κ2) is 6.86. The van der Waals surface area contributed by atoms with Gasteiger partial charge in [0.1, 0.15) is 5.82 Å². The Kier molecular flexibility index (Phi) is 4.64. The van der Waals surface area contributed by atoms with Crippen LogP contribution in [0.5, 0.6) is 0 Å². The highest BCUT2D eigenvalue weighted by atomic mass is 16.1. The van der Waals surface area contributed by atoms with Crippen LogP contribution in [0, 0.1) is 5.92 Å². The first-order valence-electron chi connectivity index (χ1n) is 8.39. The Morgan fingerprint density at radius 2 is 2.17 bits per heavy atom. The van der Waals surface area contributed by atoms with Gasteiger partial charge >= 0.3 is 0 Å². The number of aryl methyl sites for hydroxylation is 2. The molecule has 1 atom stereocenters. The second-order valence-corrected chi connectivity index (χ2v) is 5.95. The minimum absolute atomic E-state index is 0.0181. The molecule has 2 heterocycles. The van der Waals surface area contributed by atoms with Gasteiger partial charge in [-0.1, -0.05) is 13.8 Å². The minimum atomic E-state index is -0.167. The molecule has 0 radical (unpaired) electrons. The molecule has 0 aliphatic carbocycles. The summed E-state index contributed by atoms with van der Waals surface area (Å²) < 4.78 is 3.98. The molecular formula is C18H23N5O. The quantitative estimate of drug-likeness (QED) is 0.757. The van der Waals surface area contributed by atoms with Crippen LogP contribution in [0.1, 0.15) is 26.6 Å². The zero-order chi connectivity index (χ0) is 17.1. The number of benzene rings is 1. The van der Waals surface area contributed by atoms with Crippen LogP contribution in [-0.4, -0.2) is 25.2 Å². The van der Waals surface area contributed by atoms with Crippen LogP contribution >= 0.6 is 0 Å². The monoisotopic (exact) mass is 325 g/mol. The van der Waals surface area contributed by atoms with E-state index in [2.05, 4.69) is 33.8 Å². The number of anilines is 1. The van der Waals surface area contributed by atoms with Crippen molar-refractivity contribution in [1.82, 2.24) is 19.3 Å². The summed E-state index contributed by atoms with van der Waals surface area (Å²) in [6.07, 6.45) is 4.47. The van der Waals surface area contributed by atoms with E-state index in [0.717, 1.165) is 35.5 Å². The minimum Gasteiger partial charge on any atom is -0.328 e. The maximum absolute atomic E-state index is 12.4. The van der Waals surface area contributed by atoms with Crippen molar-refractivity contribution in [3.05, 3.63) is 42.5 Å². The fraction of sp³-hybridized carbons (Fsp3) is 0.389. The number of carbonyl (C=O) groups is 1. The summed E-state index contributed by atoms with van der Waals surface area (Å²) in [4.78, 5) is 17.1. The Hall–Kier alpha value is -2.63. The maximum atomic E-state index is 12.4. The normalized spacial score (nSPS) is 12.5. The summed E-state index contributed by atoms with van der Waals surface area (Å²) in [6.45, 7) is 7.58. The summed E-state index contributed by atoms with van der Waals surface area (Å²) in [7, 11) is 0. The number of nitrogens with one attached hydrogen (secondary N) is 1. The third-order valence-corrected chi connectivity index (χ3v) is 4.19. The Bertz CT molecular complexity index is 835. The van der Waals surface area contributed by atoms with Crippen molar-refractivity contribution < 1.29 is 4.79 Å². The van der Waals surface area contributed by atoms with Gasteiger partial charge < -0.3 is 9.88 Å². The number of aromatic nitrogens is 4. The van der Waals surface area contributed by atoms with Crippen molar-refractivity contribution in [2.45, 2.75) is 40.3 Å². The summed E-state index contributed by atoms with van der Waals surface area (Å²) in [5, 5.41) is 7.12. The number of rotatable bonds is 6. The van der Waals surface area contributed by atoms with Crippen LogP contribution in [0.15, 0.2) is 36.7 Å². The summed E-state index contributed by atoms with van der Waals surface area (Å²) in [5.41, 5.74) is 2.81. The molecule has 0 saturated carbocycles. The lowest BCUT2D eigenvalue weighted by molar-refractivity contribution is -0.119. The molecule has 3 aromatic rings. The summed E-state index contributed by atoms with van der Waals surface area (Å²) >= 11 is 0. The van der Waals surface area contributed by atoms with E-state index in [4.69, 9.17) is 0 Å². The van der Waals surface area contributed by atoms with Crippen molar-refractivity contribution in [3.63, 3.8) is 0 Å². The predicted molar refractivity (Wildman–Crippen MR) is 94.8 cm³/mol. The lowest BCUT2D eigenvalue weighted by Crippen LogP contribution is -2.24. The van der Waals surface area contributed by atoms with Gasteiger partial charge in [-0.05, 0) is 31.2 Å². The van der Waals surface area contributed by atoms with Gasteiger partial charge in [0.25, 0.3) is 0 Å². The standard InChI is InChI=1S/C18H23N5O/c1-4-17-21-15-11-14(7-8-16(15)23(17)5-2)20-18(24)13(3)12-22-10-6-9-19-22/h6-11,13H,4-5,12H2,1-3H3,(H,20,24). The number of carbonyl (C=O) groups excluding carboxylic acids is 1. The van der Waals surface area contributed by atoms with Gasteiger partial charge in [-0.15, -0.1) is 0 Å². The van der Waals surface area contributed by atoms with E-state index in [9.17, 15) is 4.79 Å². The number of hydrogen-bond donors (Lipinski definition) is 1. The summed E-state index contributed by atoms with van der Waals surface area (Å²) in [5.74, 6) is 0.888. The van der Waals surface area contributed by atoms with E-state index in [0.29, 0.717) is 6.54 Å². The van der Waals surface area contributed by atoms with Crippen LogP contribution < -0.4 is 5.32 Å². The average molecular weight is 325 g/mol. The van der Waals surface area contributed by atoms with Crippen LogP contribution in [0.3, 0.4) is 0 Å². The van der Waals surface area contributed by atoms with Gasteiger partial charge in [-0.3, -0.25) is 9.48 Å². The van der Waals surface area contributed by atoms with E-state index < -0.39 is 0 Å². The maximum Gasteiger partial charge on any atom is 0.229 e. The van der Waals surface area contributed by atoms with E-state index in [-0.39, 0.29) is 11.8 Å². The molecular weight excluding hydrogens is 302 g/mol. The average Bonchev–Trinajstić information content (AvgIpc) is 3.20. The molecule has 1 aromatic carbocycles. The number of hydrogen-bond acceptors (Lipinski definition) is 3. The molecule has 0 bridgehead atoms. The molecule has 126 valence electrons. The Morgan fingerprint density at radius 3 is 2.83 bits per heavy atom. The van der Waals surface area contributed by atoms with E-state index in [1.807, 2.05) is 37.4 Å². The highest BCUT2D eigenvalue weighted by molar-refractivity contribution is 5.94. The van der Waals surface area contributed by atoms with Crippen molar-refractivity contribution in [1.29, 1.82) is 0 Å². The van der Waals surface area contributed by atoms with E-state index >= 15 is 0 Å². The molecule has 1 unspecified atom stereocenters. The Morgan fingerprint density at radius 1 is 1.33 bits per heavy atom. The third-order valence-electron chi connectivity index (χ3n) is 4.19. The first kappa shape index (κ1) is 16.2. The fourth-order valence-electron chi connectivity index (χ4n) is 2.92. The lowest BCUT2D eigenvalue weighted by atomic mass is 10.1. The molecule has 3 rings (SSSR count). The van der Waals surface area contributed by atoms with Crippen LogP contribution in [-0.2, 0) is 24.3 Å². The molecule has 0 fully saturated rings. The van der Waals surface area contributed by atoms with Crippen molar-refractivity contribution in [2.75, 3.05) is 5.32 Å². The van der Waals surface area contributed by atoms with Gasteiger partial charge in [0.05, 0.1) is 23.5 Å². The summed E-state index contributed by atoms with van der Waals surface area (Å²) in [6, 6.07) is 7.76. The first-order chi connectivity index (χ1) is 11.6. The Labute approximate surface area is 141 Å². The number of imidazole rings is 1. The smallest absolute Gasteiger partial charge is 0.229 e. The molecule has 2 aromatic heterocycles. The molecule has 6 heteroatoms. The van der Waals surface area contributed by atoms with E-state index in [1.165, 1.54) is 0 Å². The lowest BCUT2D eigenvalue weighted by Gasteiger charge is -2.12. The van der Waals surface area contributed by atoms with Crippen molar-refractivity contribution >= 4 is 22.6 Å². The molecule has 0 spiro atoms. The van der Waals surface area contributed by atoms with Gasteiger partial charge in [0, 0.05) is 31.0 Å². The van der Waals surface area contributed by atoms with Gasteiger partial charge in [-0.25, -0.2) is 4.98 Å². The highest BCUT2D eigenvalue weighted by Gasteiger charge is 2.15. The fourth-order valence-corrected chi connectivity index (χ4v) is 2.92. The van der Waals surface area contributed by atoms with Crippen LogP contribution in [0.25, 0.3) is 11.0 Å². The van der Waals surface area contributed by atoms with Gasteiger partial charge in [0.2, 0.25) is 5.91 Å². The molecule has 1 amide bonds. The third kappa shape index (κ3) is 3.18. The first-order valence-corrected chi connectivity index (χ1v) is 8.39. The van der Waals surface area contributed by atoms with Crippen LogP contribution in [0.2, 0.25) is 0 Å². The molecule has 24 heavy (non-hydrogen) atoms. The van der Waals surface area contributed by atoms with E-state index in [1.54, 1.807) is 10.9 Å².